The molecule has 5 rings (SSSR count). The highest BCUT2D eigenvalue weighted by atomic mass is 32.1. The van der Waals surface area contributed by atoms with E-state index in [2.05, 4.69) is 25.5 Å². The van der Waals surface area contributed by atoms with Gasteiger partial charge in [-0.3, -0.25) is 5.32 Å². The number of nitrogens with two attached hydrogens (primary N) is 1. The lowest BCUT2D eigenvalue weighted by molar-refractivity contribution is 0.150. The van der Waals surface area contributed by atoms with Crippen molar-refractivity contribution in [3.05, 3.63) is 29.4 Å². The van der Waals surface area contributed by atoms with Crippen LogP contribution in [0.15, 0.2) is 24.4 Å². The summed E-state index contributed by atoms with van der Waals surface area (Å²) in [5, 5.41) is 13.8. The van der Waals surface area contributed by atoms with E-state index in [1.807, 2.05) is 30.0 Å². The average molecular weight is 395 g/mol. The number of rotatable bonds is 2. The van der Waals surface area contributed by atoms with Crippen molar-refractivity contribution in [1.29, 1.82) is 0 Å². The molecule has 2 saturated heterocycles. The number of hydrogen-bond acceptors (Lipinski definition) is 7. The number of aromatic nitrogens is 4. The molecule has 3 aromatic rings. The summed E-state index contributed by atoms with van der Waals surface area (Å²) in [6.45, 7) is 1.92. The second-order valence-corrected chi connectivity index (χ2v) is 8.72. The number of fused-ring (bicyclic) bond motifs is 3. The Hall–Kier alpha value is -2.65. The van der Waals surface area contributed by atoms with E-state index in [1.165, 1.54) is 11.3 Å². The third-order valence-electron chi connectivity index (χ3n) is 5.56. The SMILES string of the molecule is Cc1nnc(-c2ccc3cnc(NC(=O)N4[C@@H]5CC[C@H]4C[C@H](N)C5)cc3n2)s1. The van der Waals surface area contributed by atoms with E-state index in [0.717, 1.165) is 52.3 Å². The van der Waals surface area contributed by atoms with E-state index in [-0.39, 0.29) is 24.2 Å². The molecule has 0 unspecified atom stereocenters. The highest BCUT2D eigenvalue weighted by Gasteiger charge is 2.42. The van der Waals surface area contributed by atoms with E-state index in [9.17, 15) is 4.79 Å². The molecule has 2 fully saturated rings. The van der Waals surface area contributed by atoms with Crippen molar-refractivity contribution in [2.75, 3.05) is 5.32 Å². The molecule has 2 amide bonds. The molecule has 0 aliphatic carbocycles. The van der Waals surface area contributed by atoms with Crippen molar-refractivity contribution < 1.29 is 4.79 Å². The number of piperidine rings is 1. The van der Waals surface area contributed by atoms with Crippen LogP contribution < -0.4 is 11.1 Å². The van der Waals surface area contributed by atoms with Gasteiger partial charge in [0, 0.05) is 35.8 Å². The van der Waals surface area contributed by atoms with Gasteiger partial charge in [-0.05, 0) is 44.7 Å². The number of nitrogens with zero attached hydrogens (tertiary/aromatic N) is 5. The molecule has 0 spiro atoms. The van der Waals surface area contributed by atoms with Crippen LogP contribution in [0.3, 0.4) is 0 Å². The maximum atomic E-state index is 12.9. The molecular weight excluding hydrogens is 374 g/mol. The minimum absolute atomic E-state index is 0.0952. The van der Waals surface area contributed by atoms with Crippen LogP contribution >= 0.6 is 11.3 Å². The third-order valence-corrected chi connectivity index (χ3v) is 6.42. The number of carbonyl (C=O) groups excluding carboxylic acids is 1. The van der Waals surface area contributed by atoms with Gasteiger partial charge in [-0.1, -0.05) is 11.3 Å². The summed E-state index contributed by atoms with van der Waals surface area (Å²) in [6.07, 6.45) is 5.54. The molecular formula is C19H21N7OS. The summed E-state index contributed by atoms with van der Waals surface area (Å²) in [7, 11) is 0. The highest BCUT2D eigenvalue weighted by Crippen LogP contribution is 2.35. The van der Waals surface area contributed by atoms with Crippen LogP contribution in [0.2, 0.25) is 0 Å². The Labute approximate surface area is 166 Å². The van der Waals surface area contributed by atoms with Crippen LogP contribution in [-0.4, -0.2) is 49.2 Å². The second kappa shape index (κ2) is 6.75. The van der Waals surface area contributed by atoms with Gasteiger partial charge in [0.15, 0.2) is 5.01 Å². The van der Waals surface area contributed by atoms with Gasteiger partial charge in [0.1, 0.15) is 16.5 Å². The van der Waals surface area contributed by atoms with Gasteiger partial charge in [-0.2, -0.15) is 0 Å². The van der Waals surface area contributed by atoms with Crippen molar-refractivity contribution in [2.24, 2.45) is 5.73 Å². The molecule has 0 aromatic carbocycles. The maximum Gasteiger partial charge on any atom is 0.323 e. The van der Waals surface area contributed by atoms with E-state index in [4.69, 9.17) is 5.73 Å². The first-order valence-corrected chi connectivity index (χ1v) is 10.3. The lowest BCUT2D eigenvalue weighted by Crippen LogP contribution is -2.51. The lowest BCUT2D eigenvalue weighted by Gasteiger charge is -2.37. The maximum absolute atomic E-state index is 12.9. The number of pyridine rings is 2. The number of amides is 2. The summed E-state index contributed by atoms with van der Waals surface area (Å²) < 4.78 is 0. The standard InChI is InChI=1S/C19H21N7OS/c1-10-24-25-18(28-10)15-5-2-11-9-21-17(8-16(11)22-15)23-19(27)26-13-3-4-14(26)7-12(20)6-13/h2,5,8-9,12-14H,3-4,6-7,20H2,1H3,(H,21,23,27)/t12-,13-,14+. The highest BCUT2D eigenvalue weighted by molar-refractivity contribution is 7.14. The monoisotopic (exact) mass is 395 g/mol. The number of anilines is 1. The molecule has 2 aliphatic heterocycles. The van der Waals surface area contributed by atoms with Crippen molar-refractivity contribution in [1.82, 2.24) is 25.1 Å². The molecule has 8 nitrogen and oxygen atoms in total. The molecule has 3 N–H and O–H groups in total. The Bertz CT molecular complexity index is 1040. The quantitative estimate of drug-likeness (QED) is 0.690. The Morgan fingerprint density at radius 1 is 1.25 bits per heavy atom. The van der Waals surface area contributed by atoms with E-state index < -0.39 is 0 Å². The van der Waals surface area contributed by atoms with Gasteiger partial charge in [0.2, 0.25) is 0 Å². The molecule has 5 heterocycles. The Morgan fingerprint density at radius 2 is 2.04 bits per heavy atom. The Kier molecular flexibility index (Phi) is 4.21. The molecule has 3 aromatic heterocycles. The van der Waals surface area contributed by atoms with Crippen LogP contribution in [0.25, 0.3) is 21.6 Å². The number of nitrogens with one attached hydrogen (secondary N) is 1. The average Bonchev–Trinajstić information content (AvgIpc) is 3.22. The van der Waals surface area contributed by atoms with E-state index >= 15 is 0 Å². The molecule has 28 heavy (non-hydrogen) atoms. The van der Waals surface area contributed by atoms with Crippen molar-refractivity contribution in [3.8, 4) is 10.7 Å². The van der Waals surface area contributed by atoms with Crippen LogP contribution in [0.1, 0.15) is 30.7 Å². The first-order chi connectivity index (χ1) is 13.6. The van der Waals surface area contributed by atoms with Gasteiger partial charge < -0.3 is 10.6 Å². The smallest absolute Gasteiger partial charge is 0.323 e. The van der Waals surface area contributed by atoms with Gasteiger partial charge >= 0.3 is 6.03 Å². The molecule has 0 radical (unpaired) electrons. The fraction of sp³-hybridized carbons (Fsp3) is 0.421. The van der Waals surface area contributed by atoms with Gasteiger partial charge in [0.05, 0.1) is 5.52 Å². The lowest BCUT2D eigenvalue weighted by atomic mass is 9.99. The minimum atomic E-state index is -0.0952. The number of carbonyl (C=O) groups is 1. The number of aryl methyl sites for hydroxylation is 1. The van der Waals surface area contributed by atoms with E-state index in [1.54, 1.807) is 6.20 Å². The number of urea groups is 1. The summed E-state index contributed by atoms with van der Waals surface area (Å²) in [5.74, 6) is 0.505. The van der Waals surface area contributed by atoms with Gasteiger partial charge in [-0.15, -0.1) is 10.2 Å². The predicted molar refractivity (Wildman–Crippen MR) is 108 cm³/mol. The molecule has 144 valence electrons. The zero-order valence-electron chi connectivity index (χ0n) is 15.5. The summed E-state index contributed by atoms with van der Waals surface area (Å²) in [6, 6.07) is 6.26. The van der Waals surface area contributed by atoms with Crippen molar-refractivity contribution >= 4 is 34.1 Å². The largest absolute Gasteiger partial charge is 0.328 e. The summed E-state index contributed by atoms with van der Waals surface area (Å²) in [4.78, 5) is 23.9. The Balaban J connectivity index is 1.39. The normalized spacial score (nSPS) is 23.9. The molecule has 3 atom stereocenters. The van der Waals surface area contributed by atoms with Crippen molar-refractivity contribution in [3.63, 3.8) is 0 Å². The van der Waals surface area contributed by atoms with Crippen LogP contribution in [-0.2, 0) is 0 Å². The second-order valence-electron chi connectivity index (χ2n) is 7.54. The molecule has 2 aliphatic rings. The predicted octanol–water partition coefficient (Wildman–Crippen LogP) is 2.94. The summed E-state index contributed by atoms with van der Waals surface area (Å²) in [5.41, 5.74) is 7.64. The molecule has 2 bridgehead atoms. The number of hydrogen-bond donors (Lipinski definition) is 2. The fourth-order valence-electron chi connectivity index (χ4n) is 4.33. The van der Waals surface area contributed by atoms with Crippen LogP contribution in [0.5, 0.6) is 0 Å². The first kappa shape index (κ1) is 17.4. The Morgan fingerprint density at radius 3 is 2.75 bits per heavy atom. The van der Waals surface area contributed by atoms with E-state index in [0.29, 0.717) is 5.82 Å². The van der Waals surface area contributed by atoms with Crippen molar-refractivity contribution in [2.45, 2.75) is 50.7 Å². The topological polar surface area (TPSA) is 110 Å². The molecule has 9 heteroatoms. The van der Waals surface area contributed by atoms with Gasteiger partial charge in [0.25, 0.3) is 0 Å². The van der Waals surface area contributed by atoms with Gasteiger partial charge in [-0.25, -0.2) is 14.8 Å². The zero-order valence-corrected chi connectivity index (χ0v) is 16.3. The first-order valence-electron chi connectivity index (χ1n) is 9.49. The zero-order chi connectivity index (χ0) is 19.3. The summed E-state index contributed by atoms with van der Waals surface area (Å²) >= 11 is 1.50. The molecule has 0 saturated carbocycles. The van der Waals surface area contributed by atoms with Crippen LogP contribution in [0, 0.1) is 6.92 Å². The van der Waals surface area contributed by atoms with Crippen LogP contribution in [0.4, 0.5) is 10.6 Å². The minimum Gasteiger partial charge on any atom is -0.328 e. The fourth-order valence-corrected chi connectivity index (χ4v) is 4.99. The third kappa shape index (κ3) is 3.10.